The van der Waals surface area contributed by atoms with Gasteiger partial charge in [0, 0.05) is 240 Å². The minimum absolute atomic E-state index is 0. The largest absolute Gasteiger partial charge is 0.344 e. The molecule has 0 aliphatic carbocycles. The SMILES string of the molecule is C.CC.CC.CC.[Ar].[Ar].[Ar].[CH2-]CC.[CH2-]CCS(=O)(=O)Cl.[CH2-]CCS(C)(=O)=O.[Y].[Y].[Y]. The first kappa shape index (κ1) is 83.2. The van der Waals surface area contributed by atoms with E-state index < -0.39 is 18.9 Å². The van der Waals surface area contributed by atoms with Crippen molar-refractivity contribution >= 4 is 29.6 Å². The van der Waals surface area contributed by atoms with Crippen molar-refractivity contribution in [2.24, 2.45) is 0 Å². The molecule has 30 heavy (non-hydrogen) atoms. The van der Waals surface area contributed by atoms with Crippen LogP contribution in [-0.2, 0) is 117 Å². The van der Waals surface area contributed by atoms with Crippen LogP contribution in [0.3, 0.4) is 0 Å². The Labute approximate surface area is 362 Å². The van der Waals surface area contributed by atoms with Crippen molar-refractivity contribution in [2.75, 3.05) is 17.8 Å². The fourth-order valence-electron chi connectivity index (χ4n) is 0.435. The molecule has 0 amide bonds. The summed E-state index contributed by atoms with van der Waals surface area (Å²) in [4.78, 5) is 0. The summed E-state index contributed by atoms with van der Waals surface area (Å²) in [7, 11) is -1.24. The van der Waals surface area contributed by atoms with Gasteiger partial charge in [-0.1, -0.05) is 55.9 Å². The van der Waals surface area contributed by atoms with Crippen LogP contribution >= 0.6 is 10.7 Å². The van der Waals surface area contributed by atoms with Crippen LogP contribution in [0.5, 0.6) is 0 Å². The van der Waals surface area contributed by atoms with Crippen LogP contribution < -0.4 is 0 Å². The van der Waals surface area contributed by atoms with Crippen molar-refractivity contribution in [3.05, 3.63) is 20.8 Å². The van der Waals surface area contributed by atoms with E-state index in [1.54, 1.807) is 0 Å². The maximum atomic E-state index is 10.2. The third-order valence-corrected chi connectivity index (χ3v) is 3.17. The summed E-state index contributed by atoms with van der Waals surface area (Å²) in [6, 6.07) is 0. The summed E-state index contributed by atoms with van der Waals surface area (Å²) in [6.07, 6.45) is 3.02. The first-order valence-corrected chi connectivity index (χ1v) is 12.6. The molecule has 0 fully saturated rings. The minimum Gasteiger partial charge on any atom is -0.344 e. The predicted molar refractivity (Wildman–Crippen MR) is 116 cm³/mol. The zero-order valence-corrected chi connectivity index (χ0v) is 32.3. The summed E-state index contributed by atoms with van der Waals surface area (Å²) in [6.45, 7) is 24.2. The summed E-state index contributed by atoms with van der Waals surface area (Å²) >= 11 is 0. The predicted octanol–water partition coefficient (Wildman–Crippen LogP) is 5.97. The van der Waals surface area contributed by atoms with Crippen molar-refractivity contribution < 1.29 is 228 Å². The molecule has 0 aliphatic rings. The number of halogens is 1. The zero-order chi connectivity index (χ0) is 20.5. The van der Waals surface area contributed by atoms with Crippen LogP contribution in [-0.4, -0.2) is 34.6 Å². The molecule has 0 unspecified atom stereocenters. The molecule has 191 valence electrons. The summed E-state index contributed by atoms with van der Waals surface area (Å²) < 4.78 is 40.3. The first-order valence-electron chi connectivity index (χ1n) is 8.01. The van der Waals surface area contributed by atoms with Crippen molar-refractivity contribution in [3.8, 4) is 0 Å². The topological polar surface area (TPSA) is 68.3 Å². The second-order valence-electron chi connectivity index (χ2n) is 3.08. The summed E-state index contributed by atoms with van der Waals surface area (Å²) in [5.41, 5.74) is 0. The van der Waals surface area contributed by atoms with Gasteiger partial charge in [0.15, 0.2) is 0 Å². The van der Waals surface area contributed by atoms with Gasteiger partial charge in [0.25, 0.3) is 0 Å². The summed E-state index contributed by atoms with van der Waals surface area (Å²) in [5, 5.41) is 0. The van der Waals surface area contributed by atoms with Gasteiger partial charge in [-0.05, 0) is 0 Å². The number of rotatable bonds is 4. The van der Waals surface area contributed by atoms with E-state index in [9.17, 15) is 16.8 Å². The molecule has 0 rings (SSSR count). The Balaban J connectivity index is -0.0000000109. The fraction of sp³-hybridized carbons (Fsp3) is 0.824. The minimum atomic E-state index is -3.26. The zero-order valence-electron chi connectivity index (χ0n) is 19.3. The Morgan fingerprint density at radius 3 is 0.833 bits per heavy atom. The quantitative estimate of drug-likeness (QED) is 0.260. The third kappa shape index (κ3) is 178. The van der Waals surface area contributed by atoms with E-state index in [-0.39, 0.29) is 230 Å². The number of hydrogen-bond donors (Lipinski definition) is 0. The molecule has 13 heteroatoms. The normalized spacial score (nSPS) is 6.67. The second-order valence-corrected chi connectivity index (χ2v) is 8.24. The molecular formula is C17H44Ar3ClO4S2Y3-3. The Bertz CT molecular complexity index is 331. The molecule has 0 aliphatic heterocycles. The molecule has 0 bridgehead atoms. The molecule has 0 heterocycles. The van der Waals surface area contributed by atoms with Gasteiger partial charge in [0.1, 0.15) is 9.84 Å². The van der Waals surface area contributed by atoms with Gasteiger partial charge in [0.05, 0.1) is 0 Å². The van der Waals surface area contributed by atoms with Crippen molar-refractivity contribution in [3.63, 3.8) is 0 Å². The molecule has 0 saturated heterocycles. The molecular weight excluding hydrogens is 754 g/mol. The Kier molecular flexibility index (Phi) is 213. The monoisotopic (exact) mass is 798 g/mol. The number of hydrogen-bond acceptors (Lipinski definition) is 4. The molecule has 4 nitrogen and oxygen atoms in total. The Morgan fingerprint density at radius 2 is 0.833 bits per heavy atom. The molecule has 3 radical (unpaired) electrons. The van der Waals surface area contributed by atoms with Crippen LogP contribution in [0.25, 0.3) is 0 Å². The first-order chi connectivity index (χ1) is 10.5. The van der Waals surface area contributed by atoms with Gasteiger partial charge in [-0.15, -0.1) is 0 Å². The average Bonchev–Trinajstić information content (AvgIpc) is 2.44. The third-order valence-electron chi connectivity index (χ3n) is 0.903. The van der Waals surface area contributed by atoms with E-state index in [0.29, 0.717) is 12.8 Å². The van der Waals surface area contributed by atoms with Crippen molar-refractivity contribution in [1.29, 1.82) is 0 Å². The standard InChI is InChI=1S/C4H9O2S.C3H6ClO2S.C3H7.3C2H6.CH4.3Ar.3Y/c1-3-4-7(2,5)6;1-2-3-7(4,5)6;1-3-2;3*1-2;;;;;;;/h1,3-4H2,2H3;1-3H2;1,3H2,2H3;3*1-2H3;1H4;;;;;;/q3*-1;;;;;;;;;;. The van der Waals surface area contributed by atoms with Crippen LogP contribution in [0.15, 0.2) is 0 Å². The smallest absolute Gasteiger partial charge is 0.230 e. The van der Waals surface area contributed by atoms with Crippen LogP contribution in [0.4, 0.5) is 0 Å². The summed E-state index contributed by atoms with van der Waals surface area (Å²) in [5.74, 6) is 0.168. The van der Waals surface area contributed by atoms with E-state index in [4.69, 9.17) is 10.7 Å². The molecule has 0 aromatic carbocycles. The van der Waals surface area contributed by atoms with E-state index in [2.05, 4.69) is 20.8 Å². The maximum Gasteiger partial charge on any atom is 0.230 e. The van der Waals surface area contributed by atoms with Crippen LogP contribution in [0.1, 0.15) is 75.2 Å². The van der Waals surface area contributed by atoms with Gasteiger partial charge < -0.3 is 20.8 Å². The Hall–Kier alpha value is 7.28. The van der Waals surface area contributed by atoms with E-state index in [1.807, 2.05) is 48.5 Å². The van der Waals surface area contributed by atoms with E-state index >= 15 is 0 Å². The molecule has 0 atom stereocenters. The second kappa shape index (κ2) is 76.6. The van der Waals surface area contributed by atoms with Gasteiger partial charge in [0.2, 0.25) is 9.05 Å². The maximum absolute atomic E-state index is 10.2. The Morgan fingerprint density at radius 1 is 0.667 bits per heavy atom. The molecule has 0 aromatic heterocycles. The molecule has 0 N–H and O–H groups in total. The fourth-order valence-corrected chi connectivity index (χ4v) is 1.63. The van der Waals surface area contributed by atoms with Crippen molar-refractivity contribution in [2.45, 2.75) is 75.2 Å². The van der Waals surface area contributed by atoms with Crippen LogP contribution in [0.2, 0.25) is 0 Å². The molecule has 0 saturated carbocycles. The van der Waals surface area contributed by atoms with E-state index in [0.717, 1.165) is 6.42 Å². The van der Waals surface area contributed by atoms with E-state index in [1.165, 1.54) is 6.26 Å². The van der Waals surface area contributed by atoms with Gasteiger partial charge in [-0.25, -0.2) is 16.8 Å². The van der Waals surface area contributed by atoms with Gasteiger partial charge >= 0.3 is 0 Å². The van der Waals surface area contributed by atoms with Gasteiger partial charge in [-0.3, -0.25) is 0 Å². The average molecular weight is 799 g/mol. The van der Waals surface area contributed by atoms with Crippen LogP contribution in [0, 0.1) is 134 Å². The molecule has 0 aromatic rings. The van der Waals surface area contributed by atoms with Crippen molar-refractivity contribution in [1.82, 2.24) is 0 Å². The number of sulfone groups is 1. The van der Waals surface area contributed by atoms with Gasteiger partial charge in [-0.2, -0.15) is 19.3 Å². The molecule has 0 spiro atoms.